The molecule has 2 aliphatic rings. The van der Waals surface area contributed by atoms with Gasteiger partial charge >= 0.3 is 0 Å². The Bertz CT molecular complexity index is 1640. The lowest BCUT2D eigenvalue weighted by Gasteiger charge is -2.33. The summed E-state index contributed by atoms with van der Waals surface area (Å²) >= 11 is 0. The first-order chi connectivity index (χ1) is 19.7. The quantitative estimate of drug-likeness (QED) is 0.356. The van der Waals surface area contributed by atoms with Crippen LogP contribution in [0.5, 0.6) is 5.75 Å². The highest BCUT2D eigenvalue weighted by Crippen LogP contribution is 2.37. The van der Waals surface area contributed by atoms with E-state index in [-0.39, 0.29) is 23.4 Å². The smallest absolute Gasteiger partial charge is 0.251 e. The van der Waals surface area contributed by atoms with E-state index < -0.39 is 6.10 Å². The Morgan fingerprint density at radius 2 is 1.85 bits per heavy atom. The van der Waals surface area contributed by atoms with Crippen molar-refractivity contribution in [3.05, 3.63) is 54.0 Å². The number of Topliss-reactive ketones (excluding diaryl/α,β-unsaturated/α-hetero) is 1. The number of hydrogen-bond donors (Lipinski definition) is 2. The average molecular weight is 556 g/mol. The standard InChI is InChI=1S/C30H33N7O4/c1-17(38)26-27(19-8-10-36(11-9-19)30(40)18(2)39)34-29-22(16-33-37(29)28(26)31)21-4-6-23(32-15-21)20-5-7-24-25(14-20)41-13-12-35(24)3/h4-7,14-16,18-19,39H,8-13,31H2,1-3H3. The van der Waals surface area contributed by atoms with Gasteiger partial charge in [-0.25, -0.2) is 4.98 Å². The minimum Gasteiger partial charge on any atom is -0.490 e. The van der Waals surface area contributed by atoms with Gasteiger partial charge in [-0.3, -0.25) is 14.6 Å². The Morgan fingerprint density at radius 1 is 1.10 bits per heavy atom. The summed E-state index contributed by atoms with van der Waals surface area (Å²) in [5.74, 6) is 0.557. The summed E-state index contributed by atoms with van der Waals surface area (Å²) in [5, 5.41) is 14.2. The Hall–Kier alpha value is -4.51. The summed E-state index contributed by atoms with van der Waals surface area (Å²) in [6.45, 7) is 5.40. The minimum atomic E-state index is -1.04. The Labute approximate surface area is 237 Å². The summed E-state index contributed by atoms with van der Waals surface area (Å²) < 4.78 is 7.37. The number of nitrogens with zero attached hydrogens (tertiary/aromatic N) is 6. The predicted octanol–water partition coefficient (Wildman–Crippen LogP) is 3.16. The number of aliphatic hydroxyl groups is 1. The van der Waals surface area contributed by atoms with Gasteiger partial charge in [0.2, 0.25) is 0 Å². The molecule has 41 heavy (non-hydrogen) atoms. The normalized spacial score (nSPS) is 16.4. The molecule has 4 aromatic rings. The third-order valence-electron chi connectivity index (χ3n) is 8.04. The number of benzene rings is 1. The molecule has 1 aromatic carbocycles. The fourth-order valence-electron chi connectivity index (χ4n) is 5.77. The maximum Gasteiger partial charge on any atom is 0.251 e. The van der Waals surface area contributed by atoms with Gasteiger partial charge in [0, 0.05) is 48.9 Å². The van der Waals surface area contributed by atoms with Crippen LogP contribution in [0.15, 0.2) is 42.7 Å². The van der Waals surface area contributed by atoms with Gasteiger partial charge in [-0.2, -0.15) is 9.61 Å². The minimum absolute atomic E-state index is 0.0622. The van der Waals surface area contributed by atoms with Crippen LogP contribution in [0, 0.1) is 0 Å². The molecule has 1 atom stereocenters. The maximum atomic E-state index is 12.7. The van der Waals surface area contributed by atoms with Crippen LogP contribution in [0.4, 0.5) is 11.5 Å². The molecule has 3 N–H and O–H groups in total. The molecule has 1 fully saturated rings. The molecule has 0 radical (unpaired) electrons. The van der Waals surface area contributed by atoms with Crippen molar-refractivity contribution in [2.45, 2.75) is 38.7 Å². The highest BCUT2D eigenvalue weighted by molar-refractivity contribution is 6.00. The number of aliphatic hydroxyl groups excluding tert-OH is 1. The van der Waals surface area contributed by atoms with Crippen molar-refractivity contribution < 1.29 is 19.4 Å². The van der Waals surface area contributed by atoms with Gasteiger partial charge in [0.25, 0.3) is 5.91 Å². The summed E-state index contributed by atoms with van der Waals surface area (Å²) in [4.78, 5) is 38.5. The summed E-state index contributed by atoms with van der Waals surface area (Å²) in [5.41, 5.74) is 12.5. The largest absolute Gasteiger partial charge is 0.490 e. The number of nitrogens with two attached hydrogens (primary N) is 1. The molecule has 1 saturated heterocycles. The van der Waals surface area contributed by atoms with Crippen molar-refractivity contribution in [2.24, 2.45) is 0 Å². The number of carbonyl (C=O) groups excluding carboxylic acids is 2. The van der Waals surface area contributed by atoms with Crippen molar-refractivity contribution in [2.75, 3.05) is 43.9 Å². The number of ether oxygens (including phenoxy) is 1. The molecule has 11 heteroatoms. The van der Waals surface area contributed by atoms with E-state index in [4.69, 9.17) is 20.4 Å². The van der Waals surface area contributed by atoms with Gasteiger partial charge in [0.15, 0.2) is 11.4 Å². The van der Waals surface area contributed by atoms with Crippen LogP contribution in [0.1, 0.15) is 48.7 Å². The van der Waals surface area contributed by atoms with Crippen molar-refractivity contribution in [3.8, 4) is 28.1 Å². The molecule has 6 rings (SSSR count). The van der Waals surface area contributed by atoms with E-state index in [1.807, 2.05) is 24.3 Å². The van der Waals surface area contributed by atoms with Crippen molar-refractivity contribution in [1.29, 1.82) is 0 Å². The number of pyridine rings is 1. The lowest BCUT2D eigenvalue weighted by atomic mass is 9.89. The molecule has 1 amide bonds. The van der Waals surface area contributed by atoms with Gasteiger partial charge in [0.1, 0.15) is 24.3 Å². The van der Waals surface area contributed by atoms with Crippen molar-refractivity contribution in [3.63, 3.8) is 0 Å². The van der Waals surface area contributed by atoms with Crippen LogP contribution in [0.2, 0.25) is 0 Å². The lowest BCUT2D eigenvalue weighted by molar-refractivity contribution is -0.140. The number of aromatic nitrogens is 4. The molecule has 3 aromatic heterocycles. The molecule has 212 valence electrons. The van der Waals surface area contributed by atoms with Crippen molar-refractivity contribution in [1.82, 2.24) is 24.5 Å². The molecule has 0 spiro atoms. The molecule has 5 heterocycles. The Balaban J connectivity index is 1.33. The highest BCUT2D eigenvalue weighted by Gasteiger charge is 2.31. The van der Waals surface area contributed by atoms with Gasteiger partial charge in [-0.15, -0.1) is 0 Å². The number of nitrogen functional groups attached to an aromatic ring is 1. The second-order valence-corrected chi connectivity index (χ2v) is 10.8. The molecule has 11 nitrogen and oxygen atoms in total. The topological polar surface area (TPSA) is 139 Å². The molecule has 0 bridgehead atoms. The number of hydrogen-bond acceptors (Lipinski definition) is 9. The Morgan fingerprint density at radius 3 is 2.54 bits per heavy atom. The zero-order valence-electron chi connectivity index (χ0n) is 23.4. The van der Waals surface area contributed by atoms with Crippen LogP contribution >= 0.6 is 0 Å². The fraction of sp³-hybridized carbons (Fsp3) is 0.367. The van der Waals surface area contributed by atoms with Crippen LogP contribution < -0.4 is 15.4 Å². The zero-order valence-corrected chi connectivity index (χ0v) is 23.4. The summed E-state index contributed by atoms with van der Waals surface area (Å²) in [6.07, 6.45) is 3.66. The number of rotatable bonds is 5. The molecule has 1 unspecified atom stereocenters. The molecule has 2 aliphatic heterocycles. The summed E-state index contributed by atoms with van der Waals surface area (Å²) in [6, 6.07) is 10.0. The number of ketones is 1. The molecule has 0 saturated carbocycles. The van der Waals surface area contributed by atoms with Crippen molar-refractivity contribution >= 4 is 28.8 Å². The fourth-order valence-corrected chi connectivity index (χ4v) is 5.77. The van der Waals surface area contributed by atoms with E-state index >= 15 is 0 Å². The number of amides is 1. The first kappa shape index (κ1) is 26.7. The van der Waals surface area contributed by atoms with Gasteiger partial charge in [-0.1, -0.05) is 12.1 Å². The number of piperidine rings is 1. The third kappa shape index (κ3) is 4.76. The van der Waals surface area contributed by atoms with Crippen LogP contribution in [0.25, 0.3) is 28.0 Å². The zero-order chi connectivity index (χ0) is 28.8. The average Bonchev–Trinajstić information content (AvgIpc) is 3.41. The van der Waals surface area contributed by atoms with Gasteiger partial charge in [0.05, 0.1) is 35.4 Å². The number of anilines is 2. The number of likely N-dealkylation sites (tertiary alicyclic amines) is 1. The van der Waals surface area contributed by atoms with Crippen LogP contribution in [0.3, 0.4) is 0 Å². The molecular formula is C30H33N7O4. The van der Waals surface area contributed by atoms with E-state index in [9.17, 15) is 14.7 Å². The van der Waals surface area contributed by atoms with Crippen LogP contribution in [-0.2, 0) is 4.79 Å². The highest BCUT2D eigenvalue weighted by atomic mass is 16.5. The molecule has 0 aliphatic carbocycles. The van der Waals surface area contributed by atoms with E-state index in [0.29, 0.717) is 49.4 Å². The summed E-state index contributed by atoms with van der Waals surface area (Å²) in [7, 11) is 2.05. The van der Waals surface area contributed by atoms with Gasteiger partial charge in [-0.05, 0) is 44.9 Å². The van der Waals surface area contributed by atoms with E-state index in [1.165, 1.54) is 18.4 Å². The van der Waals surface area contributed by atoms with E-state index in [0.717, 1.165) is 40.4 Å². The molecular weight excluding hydrogens is 522 g/mol. The van der Waals surface area contributed by atoms with E-state index in [1.54, 1.807) is 17.3 Å². The van der Waals surface area contributed by atoms with Gasteiger partial charge < -0.3 is 25.4 Å². The number of likely N-dealkylation sites (N-methyl/N-ethyl adjacent to an activating group) is 1. The third-order valence-corrected chi connectivity index (χ3v) is 8.04. The first-order valence-corrected chi connectivity index (χ1v) is 13.8. The Kier molecular flexibility index (Phi) is 6.82. The second-order valence-electron chi connectivity index (χ2n) is 10.8. The van der Waals surface area contributed by atoms with Crippen LogP contribution in [-0.4, -0.2) is 80.7 Å². The number of carbonyl (C=O) groups is 2. The SMILES string of the molecule is CC(=O)c1c(C2CCN(C(=O)C(C)O)CC2)nc2c(-c3ccc(-c4ccc5c(c4)OCCN5C)nc3)cnn2c1N. The predicted molar refractivity (Wildman–Crippen MR) is 155 cm³/mol. The first-order valence-electron chi connectivity index (χ1n) is 13.8. The maximum absolute atomic E-state index is 12.7. The monoisotopic (exact) mass is 555 g/mol. The van der Waals surface area contributed by atoms with E-state index in [2.05, 4.69) is 23.1 Å². The lowest BCUT2D eigenvalue weighted by Crippen LogP contribution is -2.42. The second kappa shape index (κ2) is 10.5. The number of fused-ring (bicyclic) bond motifs is 2.